The summed E-state index contributed by atoms with van der Waals surface area (Å²) in [6.07, 6.45) is 0. The van der Waals surface area contributed by atoms with Crippen molar-refractivity contribution in [1.82, 2.24) is 10.2 Å². The van der Waals surface area contributed by atoms with Crippen LogP contribution in [-0.2, 0) is 0 Å². The van der Waals surface area contributed by atoms with Crippen LogP contribution in [0.15, 0.2) is 4.42 Å². The molecule has 0 spiro atoms. The summed E-state index contributed by atoms with van der Waals surface area (Å²) in [6, 6.07) is 1.04. The highest BCUT2D eigenvalue weighted by Crippen LogP contribution is 2.13. The summed E-state index contributed by atoms with van der Waals surface area (Å²) < 4.78 is 5.24. The van der Waals surface area contributed by atoms with Crippen molar-refractivity contribution in [3.63, 3.8) is 0 Å². The monoisotopic (exact) mass is 156 g/mol. The third-order valence-corrected chi connectivity index (χ3v) is 1.17. The first-order valence-corrected chi connectivity index (χ1v) is 3.29. The van der Waals surface area contributed by atoms with Crippen LogP contribution in [0.1, 0.15) is 0 Å². The number of hydrogen-bond donors (Lipinski definition) is 0. The normalized spacial score (nSPS) is 9.82. The molecule has 0 saturated heterocycles. The maximum Gasteiger partial charge on any atom is 0.318 e. The first-order valence-electron chi connectivity index (χ1n) is 3.29. The average Bonchev–Trinajstić information content (AvgIpc) is 2.33. The summed E-state index contributed by atoms with van der Waals surface area (Å²) >= 11 is 0. The molecule has 0 aromatic carbocycles. The largest absolute Gasteiger partial charge is 0.389 e. The summed E-state index contributed by atoms with van der Waals surface area (Å²) in [6.45, 7) is 0. The van der Waals surface area contributed by atoms with Crippen molar-refractivity contribution >= 4 is 12.0 Å². The fourth-order valence-electron chi connectivity index (χ4n) is 0.569. The van der Waals surface area contributed by atoms with Crippen LogP contribution >= 0.6 is 0 Å². The predicted octanol–water partition coefficient (Wildman–Crippen LogP) is 0.202. The van der Waals surface area contributed by atoms with Crippen molar-refractivity contribution < 1.29 is 4.42 Å². The average molecular weight is 156 g/mol. The third-order valence-electron chi connectivity index (χ3n) is 1.17. The molecule has 0 N–H and O–H groups in total. The van der Waals surface area contributed by atoms with Gasteiger partial charge in [0, 0.05) is 28.2 Å². The van der Waals surface area contributed by atoms with E-state index in [0.29, 0.717) is 12.0 Å². The fraction of sp³-hybridized carbons (Fsp3) is 0.667. The van der Waals surface area contributed by atoms with E-state index in [-0.39, 0.29) is 0 Å². The molecule has 0 amide bonds. The molecular weight excluding hydrogens is 144 g/mol. The van der Waals surface area contributed by atoms with Gasteiger partial charge in [0.1, 0.15) is 0 Å². The summed E-state index contributed by atoms with van der Waals surface area (Å²) in [5.41, 5.74) is 0. The minimum absolute atomic E-state index is 0.522. The van der Waals surface area contributed by atoms with Gasteiger partial charge >= 0.3 is 12.0 Å². The predicted molar refractivity (Wildman–Crippen MR) is 43.0 cm³/mol. The Morgan fingerprint density at radius 3 is 1.45 bits per heavy atom. The van der Waals surface area contributed by atoms with Gasteiger partial charge in [-0.05, 0) is 0 Å². The molecule has 5 nitrogen and oxygen atoms in total. The molecule has 0 aliphatic heterocycles. The second-order valence-corrected chi connectivity index (χ2v) is 2.66. The Balaban J connectivity index is 2.82. The van der Waals surface area contributed by atoms with Crippen molar-refractivity contribution in [2.45, 2.75) is 0 Å². The molecule has 0 saturated carbocycles. The Morgan fingerprint density at radius 1 is 0.909 bits per heavy atom. The van der Waals surface area contributed by atoms with Crippen LogP contribution < -0.4 is 9.80 Å². The molecule has 0 radical (unpaired) electrons. The molecule has 1 aromatic rings. The Labute approximate surface area is 65.6 Å². The van der Waals surface area contributed by atoms with Gasteiger partial charge in [-0.25, -0.2) is 0 Å². The SMILES string of the molecule is CN(C)c1nnc(N(C)C)o1. The van der Waals surface area contributed by atoms with Gasteiger partial charge in [0.05, 0.1) is 0 Å². The molecule has 5 heteroatoms. The molecule has 0 unspecified atom stereocenters. The van der Waals surface area contributed by atoms with Crippen molar-refractivity contribution in [3.8, 4) is 0 Å². The quantitative estimate of drug-likeness (QED) is 0.612. The first kappa shape index (κ1) is 7.84. The maximum atomic E-state index is 5.24. The molecule has 1 rings (SSSR count). The van der Waals surface area contributed by atoms with Gasteiger partial charge in [-0.2, -0.15) is 0 Å². The zero-order chi connectivity index (χ0) is 8.43. The molecule has 1 aromatic heterocycles. The number of aromatic nitrogens is 2. The van der Waals surface area contributed by atoms with Gasteiger partial charge in [0.25, 0.3) is 0 Å². The van der Waals surface area contributed by atoms with Gasteiger partial charge in [-0.15, -0.1) is 0 Å². The van der Waals surface area contributed by atoms with E-state index >= 15 is 0 Å². The molecule has 62 valence electrons. The first-order chi connectivity index (χ1) is 5.11. The molecule has 0 aliphatic carbocycles. The molecule has 11 heavy (non-hydrogen) atoms. The second-order valence-electron chi connectivity index (χ2n) is 2.66. The molecular formula is C6H12N4O. The topological polar surface area (TPSA) is 45.4 Å². The van der Waals surface area contributed by atoms with Crippen LogP contribution in [0.4, 0.5) is 12.0 Å². The second kappa shape index (κ2) is 2.77. The Bertz CT molecular complexity index is 208. The van der Waals surface area contributed by atoms with Gasteiger partial charge in [-0.1, -0.05) is 10.2 Å². The van der Waals surface area contributed by atoms with Crippen LogP contribution in [-0.4, -0.2) is 38.4 Å². The lowest BCUT2D eigenvalue weighted by Gasteiger charge is -2.05. The lowest BCUT2D eigenvalue weighted by molar-refractivity contribution is 0.550. The van der Waals surface area contributed by atoms with E-state index < -0.39 is 0 Å². The highest BCUT2D eigenvalue weighted by Gasteiger charge is 2.07. The van der Waals surface area contributed by atoms with Gasteiger partial charge in [-0.3, -0.25) is 0 Å². The van der Waals surface area contributed by atoms with Gasteiger partial charge in [0.2, 0.25) is 0 Å². The number of nitrogens with zero attached hydrogens (tertiary/aromatic N) is 4. The van der Waals surface area contributed by atoms with Crippen molar-refractivity contribution in [2.75, 3.05) is 38.0 Å². The van der Waals surface area contributed by atoms with E-state index in [9.17, 15) is 0 Å². The highest BCUT2D eigenvalue weighted by molar-refractivity contribution is 5.28. The van der Waals surface area contributed by atoms with Crippen molar-refractivity contribution in [1.29, 1.82) is 0 Å². The van der Waals surface area contributed by atoms with Crippen molar-refractivity contribution in [3.05, 3.63) is 0 Å². The number of hydrogen-bond acceptors (Lipinski definition) is 5. The van der Waals surface area contributed by atoms with Crippen LogP contribution in [0, 0.1) is 0 Å². The Hall–Kier alpha value is -1.26. The minimum atomic E-state index is 0.522. The van der Waals surface area contributed by atoms with E-state index in [1.165, 1.54) is 0 Å². The van der Waals surface area contributed by atoms with E-state index in [1.54, 1.807) is 9.80 Å². The van der Waals surface area contributed by atoms with Crippen LogP contribution in [0.2, 0.25) is 0 Å². The van der Waals surface area contributed by atoms with Crippen LogP contribution in [0.3, 0.4) is 0 Å². The Kier molecular flexibility index (Phi) is 1.98. The summed E-state index contributed by atoms with van der Waals surface area (Å²) in [5, 5.41) is 7.61. The number of anilines is 2. The summed E-state index contributed by atoms with van der Waals surface area (Å²) in [7, 11) is 7.42. The number of rotatable bonds is 2. The summed E-state index contributed by atoms with van der Waals surface area (Å²) in [5.74, 6) is 0. The Morgan fingerprint density at radius 2 is 1.27 bits per heavy atom. The minimum Gasteiger partial charge on any atom is -0.389 e. The maximum absolute atomic E-state index is 5.24. The zero-order valence-corrected chi connectivity index (χ0v) is 7.20. The van der Waals surface area contributed by atoms with Gasteiger partial charge < -0.3 is 14.2 Å². The van der Waals surface area contributed by atoms with Crippen LogP contribution in [0.5, 0.6) is 0 Å². The van der Waals surface area contributed by atoms with Crippen LogP contribution in [0.25, 0.3) is 0 Å². The standard InChI is InChI=1S/C6H12N4O/c1-9(2)5-7-8-6(11-5)10(3)4/h1-4H3. The zero-order valence-electron chi connectivity index (χ0n) is 7.20. The van der Waals surface area contributed by atoms with E-state index in [2.05, 4.69) is 10.2 Å². The summed E-state index contributed by atoms with van der Waals surface area (Å²) in [4.78, 5) is 3.53. The third kappa shape index (κ3) is 1.60. The van der Waals surface area contributed by atoms with E-state index in [0.717, 1.165) is 0 Å². The highest BCUT2D eigenvalue weighted by atomic mass is 16.4. The van der Waals surface area contributed by atoms with E-state index in [4.69, 9.17) is 4.42 Å². The molecule has 1 heterocycles. The fourth-order valence-corrected chi connectivity index (χ4v) is 0.569. The molecule has 0 atom stereocenters. The van der Waals surface area contributed by atoms with Gasteiger partial charge in [0.15, 0.2) is 0 Å². The molecule has 0 fully saturated rings. The lowest BCUT2D eigenvalue weighted by atomic mass is 10.9. The molecule has 0 bridgehead atoms. The smallest absolute Gasteiger partial charge is 0.318 e. The molecule has 0 aliphatic rings. The lowest BCUT2D eigenvalue weighted by Crippen LogP contribution is -2.09. The van der Waals surface area contributed by atoms with E-state index in [1.807, 2.05) is 28.2 Å². The van der Waals surface area contributed by atoms with Crippen molar-refractivity contribution in [2.24, 2.45) is 0 Å².